The zero-order valence-corrected chi connectivity index (χ0v) is 12.9. The smallest absolute Gasteiger partial charge is 0.237 e. The monoisotopic (exact) mass is 346 g/mol. The van der Waals surface area contributed by atoms with Gasteiger partial charge in [-0.3, -0.25) is 0 Å². The largest absolute Gasteiger partial charge is 0.418 e. The lowest BCUT2D eigenvalue weighted by molar-refractivity contribution is -0.137. The average Bonchev–Trinajstić information content (AvgIpc) is 2.65. The molecule has 0 saturated carbocycles. The van der Waals surface area contributed by atoms with Gasteiger partial charge in [0, 0.05) is 11.0 Å². The number of aromatic nitrogens is 2. The summed E-state index contributed by atoms with van der Waals surface area (Å²) in [6.45, 7) is 5.42. The molecule has 0 saturated heterocycles. The average molecular weight is 347 g/mol. The number of aryl methyl sites for hydroxylation is 1. The molecule has 108 valence electrons. The molecule has 0 radical (unpaired) electrons. The summed E-state index contributed by atoms with van der Waals surface area (Å²) in [6.07, 6.45) is -4.41. The van der Waals surface area contributed by atoms with Crippen molar-refractivity contribution in [1.29, 1.82) is 0 Å². The Kier molecular flexibility index (Phi) is 3.95. The highest BCUT2D eigenvalue weighted by Crippen LogP contribution is 2.35. The van der Waals surface area contributed by atoms with Crippen LogP contribution in [0.1, 0.15) is 28.1 Å². The Labute approximate surface area is 123 Å². The first-order valence-corrected chi connectivity index (χ1v) is 7.17. The van der Waals surface area contributed by atoms with E-state index in [2.05, 4.69) is 21.0 Å². The number of benzene rings is 1. The Bertz CT molecular complexity index is 645. The number of rotatable bonds is 2. The fourth-order valence-corrected chi connectivity index (χ4v) is 2.38. The molecule has 20 heavy (non-hydrogen) atoms. The predicted molar refractivity (Wildman–Crippen MR) is 75.4 cm³/mol. The van der Waals surface area contributed by atoms with Crippen molar-refractivity contribution >= 4 is 15.9 Å². The molecule has 6 heteroatoms. The summed E-state index contributed by atoms with van der Waals surface area (Å²) in [7, 11) is 0. The first-order valence-electron chi connectivity index (χ1n) is 6.05. The van der Waals surface area contributed by atoms with Gasteiger partial charge in [-0.15, -0.1) is 0 Å². The molecule has 2 aromatic rings. The van der Waals surface area contributed by atoms with E-state index in [1.54, 1.807) is 19.9 Å². The molecule has 1 aromatic carbocycles. The van der Waals surface area contributed by atoms with Crippen molar-refractivity contribution in [2.75, 3.05) is 0 Å². The molecule has 2 rings (SSSR count). The van der Waals surface area contributed by atoms with Gasteiger partial charge in [-0.2, -0.15) is 18.3 Å². The van der Waals surface area contributed by atoms with E-state index >= 15 is 0 Å². The molecule has 1 heterocycles. The first-order chi connectivity index (χ1) is 9.25. The highest BCUT2D eigenvalue weighted by atomic mass is 79.9. The number of nitrogens with zero attached hydrogens (tertiary/aromatic N) is 2. The highest BCUT2D eigenvalue weighted by molar-refractivity contribution is 9.08. The molecular formula is C14H14BrF3N2. The van der Waals surface area contributed by atoms with Crippen LogP contribution in [0, 0.1) is 20.8 Å². The van der Waals surface area contributed by atoms with E-state index < -0.39 is 11.7 Å². The van der Waals surface area contributed by atoms with Gasteiger partial charge >= 0.3 is 6.18 Å². The molecule has 0 aliphatic rings. The summed E-state index contributed by atoms with van der Waals surface area (Å²) in [5.41, 5.74) is 2.35. The third-order valence-electron chi connectivity index (χ3n) is 3.40. The fraction of sp³-hybridized carbons (Fsp3) is 0.357. The maximum absolute atomic E-state index is 13.2. The van der Waals surface area contributed by atoms with Gasteiger partial charge in [0.15, 0.2) is 0 Å². The van der Waals surface area contributed by atoms with Crippen molar-refractivity contribution < 1.29 is 13.2 Å². The molecule has 0 fully saturated rings. The van der Waals surface area contributed by atoms with E-state index in [4.69, 9.17) is 0 Å². The van der Waals surface area contributed by atoms with Crippen molar-refractivity contribution in [2.45, 2.75) is 32.3 Å². The van der Waals surface area contributed by atoms with Crippen LogP contribution in [0.2, 0.25) is 0 Å². The first kappa shape index (κ1) is 15.1. The summed E-state index contributed by atoms with van der Waals surface area (Å²) >= 11 is 3.18. The van der Waals surface area contributed by atoms with E-state index in [1.807, 2.05) is 6.92 Å². The number of alkyl halides is 4. The van der Waals surface area contributed by atoms with E-state index in [-0.39, 0.29) is 5.69 Å². The Balaban J connectivity index is 2.70. The van der Waals surface area contributed by atoms with Crippen LogP contribution in [0.15, 0.2) is 18.2 Å². The van der Waals surface area contributed by atoms with Gasteiger partial charge < -0.3 is 0 Å². The standard InChI is InChI=1S/C14H14BrF3N2/c1-8-9(2)19-20(10(8)3)13-5-4-11(7-15)6-12(13)14(16,17)18/h4-6H,7H2,1-3H3. The van der Waals surface area contributed by atoms with Crippen LogP contribution in [-0.2, 0) is 11.5 Å². The van der Waals surface area contributed by atoms with Crippen molar-refractivity contribution in [1.82, 2.24) is 9.78 Å². The zero-order valence-electron chi connectivity index (χ0n) is 11.3. The Hall–Kier alpha value is -1.30. The normalized spacial score (nSPS) is 11.9. The predicted octanol–water partition coefficient (Wildman–Crippen LogP) is 4.71. The SMILES string of the molecule is Cc1nn(-c2ccc(CBr)cc2C(F)(F)F)c(C)c1C. The lowest BCUT2D eigenvalue weighted by Gasteiger charge is -2.15. The molecule has 0 aliphatic carbocycles. The summed E-state index contributed by atoms with van der Waals surface area (Å²) in [6, 6.07) is 4.30. The Morgan fingerprint density at radius 1 is 1.20 bits per heavy atom. The second-order valence-electron chi connectivity index (χ2n) is 4.69. The molecule has 0 unspecified atom stereocenters. The number of hydrogen-bond acceptors (Lipinski definition) is 1. The molecule has 0 atom stereocenters. The van der Waals surface area contributed by atoms with Crippen LogP contribution >= 0.6 is 15.9 Å². The molecule has 0 N–H and O–H groups in total. The van der Waals surface area contributed by atoms with Gasteiger partial charge in [-0.25, -0.2) is 4.68 Å². The minimum absolute atomic E-state index is 0.0656. The molecule has 2 nitrogen and oxygen atoms in total. The van der Waals surface area contributed by atoms with Gasteiger partial charge in [-0.05, 0) is 44.0 Å². The molecule has 0 aliphatic heterocycles. The molecular weight excluding hydrogens is 333 g/mol. The quantitative estimate of drug-likeness (QED) is 0.720. The summed E-state index contributed by atoms with van der Waals surface area (Å²) in [4.78, 5) is 0. The second-order valence-corrected chi connectivity index (χ2v) is 5.25. The van der Waals surface area contributed by atoms with Gasteiger partial charge in [0.05, 0.1) is 16.9 Å². The Morgan fingerprint density at radius 3 is 2.30 bits per heavy atom. The maximum atomic E-state index is 13.2. The van der Waals surface area contributed by atoms with Crippen LogP contribution in [0.3, 0.4) is 0 Å². The van der Waals surface area contributed by atoms with Crippen molar-refractivity contribution in [3.63, 3.8) is 0 Å². The van der Waals surface area contributed by atoms with E-state index in [1.165, 1.54) is 10.7 Å². The van der Waals surface area contributed by atoms with Crippen molar-refractivity contribution in [3.05, 3.63) is 46.3 Å². The summed E-state index contributed by atoms with van der Waals surface area (Å²) in [5, 5.41) is 4.60. The third-order valence-corrected chi connectivity index (χ3v) is 4.05. The van der Waals surface area contributed by atoms with Gasteiger partial charge in [0.2, 0.25) is 0 Å². The molecule has 0 bridgehead atoms. The van der Waals surface area contributed by atoms with Gasteiger partial charge in [0.1, 0.15) is 0 Å². The van der Waals surface area contributed by atoms with E-state index in [9.17, 15) is 13.2 Å². The van der Waals surface area contributed by atoms with Crippen molar-refractivity contribution in [2.24, 2.45) is 0 Å². The zero-order chi connectivity index (χ0) is 15.1. The van der Waals surface area contributed by atoms with Crippen LogP contribution in [0.4, 0.5) is 13.2 Å². The fourth-order valence-electron chi connectivity index (χ4n) is 2.03. The molecule has 0 spiro atoms. The third kappa shape index (κ3) is 2.61. The van der Waals surface area contributed by atoms with E-state index in [0.717, 1.165) is 23.0 Å². The van der Waals surface area contributed by atoms with Crippen LogP contribution in [0.25, 0.3) is 5.69 Å². The maximum Gasteiger partial charge on any atom is 0.418 e. The molecule has 1 aromatic heterocycles. The number of halogens is 4. The number of hydrogen-bond donors (Lipinski definition) is 0. The lowest BCUT2D eigenvalue weighted by Crippen LogP contribution is -2.13. The topological polar surface area (TPSA) is 17.8 Å². The van der Waals surface area contributed by atoms with Gasteiger partial charge in [0.25, 0.3) is 0 Å². The van der Waals surface area contributed by atoms with Gasteiger partial charge in [-0.1, -0.05) is 22.0 Å². The molecule has 0 amide bonds. The van der Waals surface area contributed by atoms with Crippen LogP contribution in [-0.4, -0.2) is 9.78 Å². The highest BCUT2D eigenvalue weighted by Gasteiger charge is 2.35. The van der Waals surface area contributed by atoms with E-state index in [0.29, 0.717) is 10.9 Å². The minimum atomic E-state index is -4.41. The van der Waals surface area contributed by atoms with Crippen LogP contribution < -0.4 is 0 Å². The van der Waals surface area contributed by atoms with Crippen molar-refractivity contribution in [3.8, 4) is 5.69 Å². The summed E-state index contributed by atoms with van der Waals surface area (Å²) in [5.74, 6) is 0. The second kappa shape index (κ2) is 5.24. The van der Waals surface area contributed by atoms with Crippen LogP contribution in [0.5, 0.6) is 0 Å². The lowest BCUT2D eigenvalue weighted by atomic mass is 10.1. The summed E-state index contributed by atoms with van der Waals surface area (Å²) < 4.78 is 41.1. The Morgan fingerprint density at radius 2 is 1.85 bits per heavy atom. The minimum Gasteiger partial charge on any atom is -0.237 e.